The molecule has 1 saturated heterocycles. The molecule has 0 spiro atoms. The van der Waals surface area contributed by atoms with Gasteiger partial charge in [0.2, 0.25) is 0 Å². The molecule has 1 unspecified atom stereocenters. The van der Waals surface area contributed by atoms with Crippen LogP contribution in [0.15, 0.2) is 42.7 Å². The first-order chi connectivity index (χ1) is 12.7. The lowest BCUT2D eigenvalue weighted by Gasteiger charge is -2.33. The van der Waals surface area contributed by atoms with Gasteiger partial charge in [0, 0.05) is 37.9 Å². The maximum Gasteiger partial charge on any atom is 0.251 e. The fraction of sp³-hybridized carbons (Fsp3) is 0.500. The predicted molar refractivity (Wildman–Crippen MR) is 105 cm³/mol. The van der Waals surface area contributed by atoms with Crippen LogP contribution in [0.5, 0.6) is 0 Å². The number of aliphatic hydroxyl groups excluding tert-OH is 1. The van der Waals surface area contributed by atoms with Crippen molar-refractivity contribution in [3.8, 4) is 0 Å². The van der Waals surface area contributed by atoms with Gasteiger partial charge in [0.15, 0.2) is 0 Å². The molecule has 3 rings (SSSR count). The van der Waals surface area contributed by atoms with Gasteiger partial charge in [0.1, 0.15) is 11.9 Å². The molecule has 1 fully saturated rings. The Morgan fingerprint density at radius 1 is 1.31 bits per heavy atom. The topological polar surface area (TPSA) is 58.4 Å². The van der Waals surface area contributed by atoms with Crippen LogP contribution in [0.1, 0.15) is 36.6 Å². The van der Waals surface area contributed by atoms with Crippen LogP contribution in [0.3, 0.4) is 0 Å². The number of hydrogen-bond acceptors (Lipinski definition) is 4. The van der Waals surface area contributed by atoms with E-state index in [1.807, 2.05) is 29.6 Å². The van der Waals surface area contributed by atoms with E-state index in [1.165, 1.54) is 5.56 Å². The maximum atomic E-state index is 12.4. The minimum absolute atomic E-state index is 0.120. The molecule has 1 aromatic carbocycles. The summed E-state index contributed by atoms with van der Waals surface area (Å²) in [6, 6.07) is 10.4. The van der Waals surface area contributed by atoms with Crippen LogP contribution in [0.2, 0.25) is 0 Å². The normalized spacial score (nSPS) is 16.6. The largest absolute Gasteiger partial charge is 0.383 e. The van der Waals surface area contributed by atoms with Crippen molar-refractivity contribution in [2.75, 3.05) is 25.1 Å². The number of rotatable bonds is 7. The summed E-state index contributed by atoms with van der Waals surface area (Å²) in [7, 11) is 0. The number of amides is 1. The molecule has 0 aliphatic carbocycles. The summed E-state index contributed by atoms with van der Waals surface area (Å²) in [5.41, 5.74) is 1.26. The minimum Gasteiger partial charge on any atom is -0.383 e. The summed E-state index contributed by atoms with van der Waals surface area (Å²) in [5.74, 6) is 2.15. The molecule has 1 atom stereocenters. The molecule has 1 N–H and O–H groups in total. The van der Waals surface area contributed by atoms with Crippen LogP contribution < -0.4 is 0 Å². The summed E-state index contributed by atoms with van der Waals surface area (Å²) in [6.07, 6.45) is 7.34. The molecule has 1 aromatic heterocycles. The first kappa shape index (κ1) is 19.0. The zero-order chi connectivity index (χ0) is 18.4. The number of carbonyl (C=O) groups excluding carboxylic acids is 1. The second kappa shape index (κ2) is 9.24. The van der Waals surface area contributed by atoms with Crippen LogP contribution in [0.25, 0.3) is 0 Å². The Morgan fingerprint density at radius 2 is 2.04 bits per heavy atom. The van der Waals surface area contributed by atoms with Crippen LogP contribution in [0, 0.1) is 0 Å². The van der Waals surface area contributed by atoms with Crippen molar-refractivity contribution in [1.82, 2.24) is 14.5 Å². The fourth-order valence-electron chi connectivity index (χ4n) is 3.52. The second-order valence-corrected chi connectivity index (χ2v) is 7.78. The monoisotopic (exact) mass is 373 g/mol. The second-order valence-electron chi connectivity index (χ2n) is 6.80. The number of aromatic nitrogens is 2. The average molecular weight is 374 g/mol. The smallest absolute Gasteiger partial charge is 0.251 e. The van der Waals surface area contributed by atoms with E-state index in [2.05, 4.69) is 33.8 Å². The van der Waals surface area contributed by atoms with Gasteiger partial charge in [-0.2, -0.15) is 11.8 Å². The third-order valence-corrected chi connectivity index (χ3v) is 5.64. The van der Waals surface area contributed by atoms with E-state index < -0.39 is 6.10 Å². The van der Waals surface area contributed by atoms with Gasteiger partial charge in [-0.15, -0.1) is 0 Å². The van der Waals surface area contributed by atoms with Gasteiger partial charge in [0.05, 0.1) is 0 Å². The van der Waals surface area contributed by atoms with Crippen LogP contribution in [0.4, 0.5) is 0 Å². The highest BCUT2D eigenvalue weighted by molar-refractivity contribution is 7.98. The number of thioether (sulfide) groups is 1. The third kappa shape index (κ3) is 4.68. The summed E-state index contributed by atoms with van der Waals surface area (Å²) >= 11 is 1.65. The van der Waals surface area contributed by atoms with Crippen molar-refractivity contribution in [3.63, 3.8) is 0 Å². The van der Waals surface area contributed by atoms with E-state index >= 15 is 0 Å². The molecule has 1 aliphatic heterocycles. The van der Waals surface area contributed by atoms with Gasteiger partial charge in [-0.3, -0.25) is 4.79 Å². The van der Waals surface area contributed by atoms with E-state index in [9.17, 15) is 9.90 Å². The summed E-state index contributed by atoms with van der Waals surface area (Å²) < 4.78 is 2.21. The molecule has 0 bridgehead atoms. The molecular weight excluding hydrogens is 346 g/mol. The molecule has 5 nitrogen and oxygen atoms in total. The van der Waals surface area contributed by atoms with Crippen LogP contribution in [-0.2, 0) is 11.3 Å². The van der Waals surface area contributed by atoms with Crippen molar-refractivity contribution in [3.05, 3.63) is 54.1 Å². The third-order valence-electron chi connectivity index (χ3n) is 5.00. The molecular formula is C20H27N3O2S. The maximum absolute atomic E-state index is 12.4. The molecule has 1 aliphatic rings. The number of imidazole rings is 1. The standard InChI is InChI=1S/C20H27N3O2S/c1-26-14-9-18(24)20(25)22-11-7-17(8-12-22)19-21-10-13-23(19)15-16-5-3-2-4-6-16/h2-6,10,13,17-18,24H,7-9,11-12,14-15H2,1H3. The zero-order valence-electron chi connectivity index (χ0n) is 15.3. The summed E-state index contributed by atoms with van der Waals surface area (Å²) in [6.45, 7) is 2.21. The minimum atomic E-state index is -0.862. The molecule has 0 radical (unpaired) electrons. The Kier molecular flexibility index (Phi) is 6.74. The van der Waals surface area contributed by atoms with Crippen molar-refractivity contribution in [2.24, 2.45) is 0 Å². The molecule has 26 heavy (non-hydrogen) atoms. The number of carbonyl (C=O) groups is 1. The fourth-order valence-corrected chi connectivity index (χ4v) is 3.98. The Bertz CT molecular complexity index is 696. The highest BCUT2D eigenvalue weighted by Crippen LogP contribution is 2.28. The number of likely N-dealkylation sites (tertiary alicyclic amines) is 1. The lowest BCUT2D eigenvalue weighted by atomic mass is 9.95. The molecule has 140 valence electrons. The number of benzene rings is 1. The Hall–Kier alpha value is -1.79. The van der Waals surface area contributed by atoms with Crippen LogP contribution >= 0.6 is 11.8 Å². The molecule has 2 heterocycles. The van der Waals surface area contributed by atoms with Crippen molar-refractivity contribution >= 4 is 17.7 Å². The average Bonchev–Trinajstić information content (AvgIpc) is 3.14. The molecule has 0 saturated carbocycles. The lowest BCUT2D eigenvalue weighted by molar-refractivity contribution is -0.141. The molecule has 1 amide bonds. The first-order valence-corrected chi connectivity index (χ1v) is 10.6. The highest BCUT2D eigenvalue weighted by atomic mass is 32.2. The summed E-state index contributed by atoms with van der Waals surface area (Å²) in [5, 5.41) is 10.0. The molecule has 6 heteroatoms. The number of hydrogen-bond donors (Lipinski definition) is 1. The quantitative estimate of drug-likeness (QED) is 0.811. The van der Waals surface area contributed by atoms with Crippen LogP contribution in [-0.4, -0.2) is 56.7 Å². The van der Waals surface area contributed by atoms with Crippen molar-refractivity contribution in [1.29, 1.82) is 0 Å². The Labute approximate surface area is 159 Å². The molecule has 2 aromatic rings. The zero-order valence-corrected chi connectivity index (χ0v) is 16.1. The Morgan fingerprint density at radius 3 is 2.73 bits per heavy atom. The predicted octanol–water partition coefficient (Wildman–Crippen LogP) is 2.75. The van der Waals surface area contributed by atoms with Gasteiger partial charge in [-0.1, -0.05) is 30.3 Å². The van der Waals surface area contributed by atoms with E-state index in [0.29, 0.717) is 25.4 Å². The number of aliphatic hydroxyl groups is 1. The first-order valence-electron chi connectivity index (χ1n) is 9.19. The number of nitrogens with zero attached hydrogens (tertiary/aromatic N) is 3. The van der Waals surface area contributed by atoms with Crippen molar-refractivity contribution < 1.29 is 9.90 Å². The lowest BCUT2D eigenvalue weighted by Crippen LogP contribution is -2.44. The highest BCUT2D eigenvalue weighted by Gasteiger charge is 2.29. The van der Waals surface area contributed by atoms with Gasteiger partial charge in [0.25, 0.3) is 5.91 Å². The van der Waals surface area contributed by atoms with E-state index in [4.69, 9.17) is 0 Å². The van der Waals surface area contributed by atoms with E-state index in [0.717, 1.165) is 31.0 Å². The SMILES string of the molecule is CSCCC(O)C(=O)N1CCC(c2nccn2Cc2ccccc2)CC1. The van der Waals surface area contributed by atoms with Gasteiger partial charge in [-0.25, -0.2) is 4.98 Å². The van der Waals surface area contributed by atoms with E-state index in [-0.39, 0.29) is 5.91 Å². The Balaban J connectivity index is 1.57. The van der Waals surface area contributed by atoms with Gasteiger partial charge >= 0.3 is 0 Å². The van der Waals surface area contributed by atoms with Crippen molar-refractivity contribution in [2.45, 2.75) is 37.8 Å². The summed E-state index contributed by atoms with van der Waals surface area (Å²) in [4.78, 5) is 18.8. The van der Waals surface area contributed by atoms with Gasteiger partial charge < -0.3 is 14.6 Å². The number of piperidine rings is 1. The van der Waals surface area contributed by atoms with E-state index in [1.54, 1.807) is 11.8 Å². The van der Waals surface area contributed by atoms with Gasteiger partial charge in [-0.05, 0) is 36.8 Å².